The Morgan fingerprint density at radius 2 is 1.89 bits per heavy atom. The highest BCUT2D eigenvalue weighted by molar-refractivity contribution is 7.93. The summed E-state index contributed by atoms with van der Waals surface area (Å²) in [5.41, 5.74) is -5.05. The Labute approximate surface area is 162 Å². The molecule has 1 N–H and O–H groups in total. The quantitative estimate of drug-likeness (QED) is 0.495. The molecule has 1 aromatic carbocycles. The van der Waals surface area contributed by atoms with Crippen LogP contribution in [0.2, 0.25) is 5.02 Å². The van der Waals surface area contributed by atoms with Gasteiger partial charge in [0.2, 0.25) is 0 Å². The fourth-order valence-corrected chi connectivity index (χ4v) is 3.66. The van der Waals surface area contributed by atoms with Gasteiger partial charge in [0.05, 0.1) is 11.4 Å². The zero-order chi connectivity index (χ0) is 20.2. The Bertz CT molecular complexity index is 789. The monoisotopic (exact) mass is 426 g/mol. The van der Waals surface area contributed by atoms with Gasteiger partial charge in [0, 0.05) is 16.5 Å². The summed E-state index contributed by atoms with van der Waals surface area (Å²) in [7, 11) is -5.57. The zero-order valence-corrected chi connectivity index (χ0v) is 16.6. The minimum Gasteiger partial charge on any atom is -0.393 e. The first-order chi connectivity index (χ1) is 12.5. The minimum absolute atomic E-state index is 0.0508. The van der Waals surface area contributed by atoms with E-state index in [0.29, 0.717) is 5.71 Å². The maximum absolute atomic E-state index is 12.8. The van der Waals surface area contributed by atoms with Crippen LogP contribution in [0.5, 0.6) is 0 Å². The van der Waals surface area contributed by atoms with E-state index in [9.17, 15) is 21.6 Å². The van der Waals surface area contributed by atoms with Crippen LogP contribution in [-0.4, -0.2) is 25.7 Å². The molecule has 0 amide bonds. The number of nitrogens with one attached hydrogen (secondary N) is 1. The van der Waals surface area contributed by atoms with Gasteiger partial charge in [0.25, 0.3) is 0 Å². The summed E-state index contributed by atoms with van der Waals surface area (Å²) >= 11 is 6.03. The Hall–Kier alpha value is -1.48. The molecule has 152 valence electrons. The van der Waals surface area contributed by atoms with Gasteiger partial charge in [0.1, 0.15) is 6.10 Å². The molecule has 1 aliphatic rings. The Balaban J connectivity index is 2.51. The van der Waals surface area contributed by atoms with Crippen molar-refractivity contribution in [2.45, 2.75) is 57.6 Å². The summed E-state index contributed by atoms with van der Waals surface area (Å²) in [4.78, 5) is 5.35. The van der Waals surface area contributed by atoms with Crippen molar-refractivity contribution in [2.75, 3.05) is 4.72 Å². The second-order valence-corrected chi connectivity index (χ2v) is 8.82. The van der Waals surface area contributed by atoms with Crippen molar-refractivity contribution < 1.29 is 26.4 Å². The van der Waals surface area contributed by atoms with Crippen molar-refractivity contribution in [2.24, 2.45) is 11.1 Å². The van der Waals surface area contributed by atoms with Crippen LogP contribution in [0.25, 0.3) is 0 Å². The Morgan fingerprint density at radius 1 is 1.26 bits per heavy atom. The van der Waals surface area contributed by atoms with E-state index in [1.54, 1.807) is 18.6 Å². The largest absolute Gasteiger partial charge is 0.516 e. The molecular weight excluding hydrogens is 405 g/mol. The molecule has 5 nitrogen and oxygen atoms in total. The molecule has 1 aromatic rings. The Kier molecular flexibility index (Phi) is 7.02. The molecule has 0 atom stereocenters. The van der Waals surface area contributed by atoms with Crippen LogP contribution in [-0.2, 0) is 14.9 Å². The molecule has 0 aromatic heterocycles. The molecule has 0 bridgehead atoms. The number of oxime groups is 1. The number of anilines is 1. The maximum Gasteiger partial charge on any atom is 0.516 e. The van der Waals surface area contributed by atoms with Gasteiger partial charge in [-0.05, 0) is 44.9 Å². The van der Waals surface area contributed by atoms with Crippen molar-refractivity contribution >= 4 is 33.0 Å². The zero-order valence-electron chi connectivity index (χ0n) is 15.0. The van der Waals surface area contributed by atoms with Gasteiger partial charge in [-0.15, -0.1) is 0 Å². The predicted molar refractivity (Wildman–Crippen MR) is 99.4 cm³/mol. The van der Waals surface area contributed by atoms with E-state index in [0.717, 1.165) is 32.1 Å². The second kappa shape index (κ2) is 8.68. The normalized spacial score (nSPS) is 17.2. The average molecular weight is 427 g/mol. The molecule has 1 saturated carbocycles. The molecule has 0 radical (unpaired) electrons. The fraction of sp³-hybridized carbons (Fsp3) is 0.588. The molecule has 2 rings (SSSR count). The Morgan fingerprint density at radius 3 is 2.44 bits per heavy atom. The standard InChI is InChI=1S/C17H22ClF3N2O3S/c1-11(2)26-22-16(12-6-4-3-5-7-12)14-10-13(18)8-9-15(14)23-27(24,25)17(19,20)21/h8-12,23H,3-7H2,1-2H3/b22-16+. The van der Waals surface area contributed by atoms with Crippen LogP contribution in [0.4, 0.5) is 18.9 Å². The third-order valence-electron chi connectivity index (χ3n) is 4.16. The van der Waals surface area contributed by atoms with E-state index in [4.69, 9.17) is 16.4 Å². The molecule has 27 heavy (non-hydrogen) atoms. The average Bonchev–Trinajstić information content (AvgIpc) is 2.57. The van der Waals surface area contributed by atoms with E-state index >= 15 is 0 Å². The van der Waals surface area contributed by atoms with Crippen molar-refractivity contribution in [1.82, 2.24) is 0 Å². The lowest BCUT2D eigenvalue weighted by Gasteiger charge is -2.25. The fourth-order valence-electron chi connectivity index (χ4n) is 2.90. The van der Waals surface area contributed by atoms with Crippen LogP contribution in [0.15, 0.2) is 23.4 Å². The predicted octanol–water partition coefficient (Wildman–Crippen LogP) is 5.31. The lowest BCUT2D eigenvalue weighted by molar-refractivity contribution is -0.0429. The molecule has 0 aliphatic heterocycles. The molecule has 0 spiro atoms. The smallest absolute Gasteiger partial charge is 0.393 e. The lowest BCUT2D eigenvalue weighted by atomic mass is 9.83. The van der Waals surface area contributed by atoms with Gasteiger partial charge in [0.15, 0.2) is 0 Å². The summed E-state index contributed by atoms with van der Waals surface area (Å²) in [5.74, 6) is -0.0508. The van der Waals surface area contributed by atoms with Crippen molar-refractivity contribution in [3.05, 3.63) is 28.8 Å². The van der Waals surface area contributed by atoms with E-state index in [2.05, 4.69) is 5.16 Å². The SMILES string of the molecule is CC(C)O/N=C(/c1cc(Cl)ccc1NS(=O)(=O)C(F)(F)F)C1CCCCC1. The molecule has 1 fully saturated rings. The number of alkyl halides is 3. The van der Waals surface area contributed by atoms with E-state index in [1.165, 1.54) is 18.2 Å². The number of rotatable bonds is 6. The highest BCUT2D eigenvalue weighted by Gasteiger charge is 2.46. The third-order valence-corrected chi connectivity index (χ3v) is 5.49. The van der Waals surface area contributed by atoms with E-state index < -0.39 is 15.5 Å². The number of hydrogen-bond acceptors (Lipinski definition) is 4. The van der Waals surface area contributed by atoms with E-state index in [-0.39, 0.29) is 28.3 Å². The van der Waals surface area contributed by atoms with Crippen LogP contribution in [0.1, 0.15) is 51.5 Å². The summed E-state index contributed by atoms with van der Waals surface area (Å²) < 4.78 is 63.2. The first-order valence-corrected chi connectivity index (χ1v) is 10.5. The summed E-state index contributed by atoms with van der Waals surface area (Å²) in [5, 5.41) is 4.41. The number of halogens is 4. The third kappa shape index (κ3) is 5.75. The second-order valence-electron chi connectivity index (χ2n) is 6.71. The molecule has 10 heteroatoms. The lowest BCUT2D eigenvalue weighted by Crippen LogP contribution is -2.31. The van der Waals surface area contributed by atoms with Gasteiger partial charge in [-0.25, -0.2) is 0 Å². The summed E-state index contributed by atoms with van der Waals surface area (Å²) in [6, 6.07) is 3.93. The van der Waals surface area contributed by atoms with Gasteiger partial charge >= 0.3 is 15.5 Å². The van der Waals surface area contributed by atoms with Crippen LogP contribution >= 0.6 is 11.6 Å². The minimum atomic E-state index is -5.57. The van der Waals surface area contributed by atoms with Crippen molar-refractivity contribution in [3.8, 4) is 0 Å². The number of sulfonamides is 1. The first-order valence-electron chi connectivity index (χ1n) is 8.64. The maximum atomic E-state index is 12.8. The van der Waals surface area contributed by atoms with Crippen LogP contribution in [0.3, 0.4) is 0 Å². The van der Waals surface area contributed by atoms with Gasteiger partial charge in [-0.1, -0.05) is 36.0 Å². The van der Waals surface area contributed by atoms with Crippen molar-refractivity contribution in [3.63, 3.8) is 0 Å². The topological polar surface area (TPSA) is 67.8 Å². The first kappa shape index (κ1) is 21.8. The van der Waals surface area contributed by atoms with Crippen LogP contribution < -0.4 is 4.72 Å². The molecule has 0 saturated heterocycles. The highest BCUT2D eigenvalue weighted by Crippen LogP contribution is 2.34. The molecule has 1 aliphatic carbocycles. The summed E-state index contributed by atoms with van der Waals surface area (Å²) in [6.07, 6.45) is 4.32. The molecular formula is C17H22ClF3N2O3S. The van der Waals surface area contributed by atoms with Gasteiger partial charge < -0.3 is 4.84 Å². The number of nitrogens with zero attached hydrogens (tertiary/aromatic N) is 1. The highest BCUT2D eigenvalue weighted by atomic mass is 35.5. The number of benzene rings is 1. The molecule has 0 unspecified atom stereocenters. The molecule has 0 heterocycles. The van der Waals surface area contributed by atoms with Crippen molar-refractivity contribution in [1.29, 1.82) is 0 Å². The van der Waals surface area contributed by atoms with Gasteiger partial charge in [-0.2, -0.15) is 21.6 Å². The van der Waals surface area contributed by atoms with Gasteiger partial charge in [-0.3, -0.25) is 4.72 Å². The summed E-state index contributed by atoms with van der Waals surface area (Å²) in [6.45, 7) is 3.54. The van der Waals surface area contributed by atoms with E-state index in [1.807, 2.05) is 0 Å². The van der Waals surface area contributed by atoms with Crippen LogP contribution in [0, 0.1) is 5.92 Å². The number of hydrogen-bond donors (Lipinski definition) is 1.